The lowest BCUT2D eigenvalue weighted by Gasteiger charge is -2.46. The van der Waals surface area contributed by atoms with Gasteiger partial charge in [0, 0.05) is 31.7 Å². The van der Waals surface area contributed by atoms with Crippen LogP contribution in [0.1, 0.15) is 39.5 Å². The van der Waals surface area contributed by atoms with E-state index in [9.17, 15) is 5.26 Å². The van der Waals surface area contributed by atoms with Crippen molar-refractivity contribution < 1.29 is 0 Å². The lowest BCUT2D eigenvalue weighted by atomic mass is 9.79. The van der Waals surface area contributed by atoms with Gasteiger partial charge in [-0.3, -0.25) is 10.2 Å². The van der Waals surface area contributed by atoms with E-state index in [1.54, 1.807) is 0 Å². The Bertz CT molecular complexity index is 334. The molecule has 0 spiro atoms. The third-order valence-electron chi connectivity index (χ3n) is 4.96. The van der Waals surface area contributed by atoms with Crippen molar-refractivity contribution in [1.29, 1.82) is 5.26 Å². The van der Waals surface area contributed by atoms with E-state index in [-0.39, 0.29) is 5.54 Å². The van der Waals surface area contributed by atoms with E-state index >= 15 is 0 Å². The third kappa shape index (κ3) is 3.28. The van der Waals surface area contributed by atoms with Crippen molar-refractivity contribution in [2.75, 3.05) is 33.2 Å². The lowest BCUT2D eigenvalue weighted by Crippen LogP contribution is -2.58. The van der Waals surface area contributed by atoms with Gasteiger partial charge >= 0.3 is 0 Å². The molecule has 0 bridgehead atoms. The molecular weight excluding hydrogens is 236 g/mol. The molecule has 1 aliphatic carbocycles. The maximum absolute atomic E-state index is 9.54. The second-order valence-corrected chi connectivity index (χ2v) is 6.30. The Balaban J connectivity index is 1.99. The number of likely N-dealkylation sites (N-methyl/N-ethyl adjacent to an activating group) is 1. The standard InChI is InChI=1S/C15H28N4/c1-4-17-15(12-16)7-5-6-14(10-15)19-9-8-18(3)13(2)11-19/h13-14,17H,4-11H2,1-3H3. The molecule has 0 aromatic rings. The zero-order valence-electron chi connectivity index (χ0n) is 12.7. The summed E-state index contributed by atoms with van der Waals surface area (Å²) < 4.78 is 0. The van der Waals surface area contributed by atoms with Gasteiger partial charge in [0.15, 0.2) is 0 Å². The van der Waals surface area contributed by atoms with Gasteiger partial charge in [0.05, 0.1) is 6.07 Å². The molecule has 1 heterocycles. The number of hydrogen-bond donors (Lipinski definition) is 1. The van der Waals surface area contributed by atoms with Gasteiger partial charge in [-0.2, -0.15) is 5.26 Å². The maximum atomic E-state index is 9.54. The number of nitrogens with zero attached hydrogens (tertiary/aromatic N) is 3. The first-order chi connectivity index (χ1) is 9.10. The minimum absolute atomic E-state index is 0.274. The van der Waals surface area contributed by atoms with Crippen molar-refractivity contribution in [2.24, 2.45) is 0 Å². The highest BCUT2D eigenvalue weighted by molar-refractivity contribution is 5.11. The number of nitriles is 1. The minimum atomic E-state index is -0.274. The van der Waals surface area contributed by atoms with Gasteiger partial charge in [0.1, 0.15) is 5.54 Å². The predicted molar refractivity (Wildman–Crippen MR) is 77.9 cm³/mol. The summed E-state index contributed by atoms with van der Waals surface area (Å²) in [4.78, 5) is 5.05. The average Bonchev–Trinajstić information content (AvgIpc) is 2.42. The van der Waals surface area contributed by atoms with Crippen molar-refractivity contribution in [1.82, 2.24) is 15.1 Å². The van der Waals surface area contributed by atoms with E-state index in [1.807, 2.05) is 0 Å². The van der Waals surface area contributed by atoms with E-state index in [1.165, 1.54) is 12.8 Å². The van der Waals surface area contributed by atoms with Crippen LogP contribution in [0.2, 0.25) is 0 Å². The van der Waals surface area contributed by atoms with Crippen LogP contribution >= 0.6 is 0 Å². The van der Waals surface area contributed by atoms with Crippen LogP contribution in [0.3, 0.4) is 0 Å². The molecule has 4 heteroatoms. The number of rotatable bonds is 3. The van der Waals surface area contributed by atoms with Crippen LogP contribution in [-0.4, -0.2) is 60.6 Å². The monoisotopic (exact) mass is 264 g/mol. The summed E-state index contributed by atoms with van der Waals surface area (Å²) in [6.45, 7) is 8.74. The van der Waals surface area contributed by atoms with Gasteiger partial charge in [-0.05, 0) is 46.2 Å². The van der Waals surface area contributed by atoms with Gasteiger partial charge < -0.3 is 4.90 Å². The zero-order chi connectivity index (χ0) is 13.9. The largest absolute Gasteiger partial charge is 0.301 e. The molecule has 1 saturated carbocycles. The topological polar surface area (TPSA) is 42.3 Å². The van der Waals surface area contributed by atoms with Gasteiger partial charge in [-0.15, -0.1) is 0 Å². The first kappa shape index (κ1) is 14.8. The molecule has 0 aromatic heterocycles. The summed E-state index contributed by atoms with van der Waals surface area (Å²) in [6, 6.07) is 3.78. The summed E-state index contributed by atoms with van der Waals surface area (Å²) in [5.41, 5.74) is -0.274. The number of hydrogen-bond acceptors (Lipinski definition) is 4. The molecule has 0 radical (unpaired) electrons. The molecule has 2 rings (SSSR count). The highest BCUT2D eigenvalue weighted by Crippen LogP contribution is 2.31. The molecule has 1 N–H and O–H groups in total. The van der Waals surface area contributed by atoms with Crippen LogP contribution in [0.4, 0.5) is 0 Å². The quantitative estimate of drug-likeness (QED) is 0.837. The normalized spacial score (nSPS) is 38.0. The van der Waals surface area contributed by atoms with Crippen LogP contribution in [0, 0.1) is 11.3 Å². The summed E-state index contributed by atoms with van der Waals surface area (Å²) in [5, 5.41) is 13.0. The molecule has 0 amide bonds. The van der Waals surface area contributed by atoms with E-state index < -0.39 is 0 Å². The third-order valence-corrected chi connectivity index (χ3v) is 4.96. The first-order valence-electron chi connectivity index (χ1n) is 7.71. The van der Waals surface area contributed by atoms with E-state index in [0.29, 0.717) is 12.1 Å². The van der Waals surface area contributed by atoms with Crippen molar-refractivity contribution >= 4 is 0 Å². The molecule has 1 aliphatic heterocycles. The van der Waals surface area contributed by atoms with E-state index in [0.717, 1.165) is 39.0 Å². The molecule has 4 nitrogen and oxygen atoms in total. The second-order valence-electron chi connectivity index (χ2n) is 6.30. The van der Waals surface area contributed by atoms with Gasteiger partial charge in [0.2, 0.25) is 0 Å². The van der Waals surface area contributed by atoms with E-state index in [2.05, 4.69) is 42.1 Å². The Hall–Kier alpha value is -0.630. The van der Waals surface area contributed by atoms with Crippen LogP contribution in [0.15, 0.2) is 0 Å². The average molecular weight is 264 g/mol. The fourth-order valence-corrected chi connectivity index (χ4v) is 3.61. The molecule has 108 valence electrons. The summed E-state index contributed by atoms with van der Waals surface area (Å²) in [6.07, 6.45) is 4.43. The van der Waals surface area contributed by atoms with Crippen molar-refractivity contribution in [3.05, 3.63) is 0 Å². The molecule has 0 aromatic carbocycles. The Morgan fingerprint density at radius 3 is 2.84 bits per heavy atom. The minimum Gasteiger partial charge on any atom is -0.301 e. The van der Waals surface area contributed by atoms with Crippen LogP contribution in [0.5, 0.6) is 0 Å². The first-order valence-corrected chi connectivity index (χ1v) is 7.71. The van der Waals surface area contributed by atoms with Crippen LogP contribution in [-0.2, 0) is 0 Å². The molecular formula is C15H28N4. The Labute approximate surface area is 117 Å². The highest BCUT2D eigenvalue weighted by atomic mass is 15.3. The van der Waals surface area contributed by atoms with Crippen LogP contribution in [0.25, 0.3) is 0 Å². The molecule has 19 heavy (non-hydrogen) atoms. The number of piperazine rings is 1. The van der Waals surface area contributed by atoms with Gasteiger partial charge in [-0.1, -0.05) is 6.92 Å². The molecule has 3 unspecified atom stereocenters. The summed E-state index contributed by atoms with van der Waals surface area (Å²) in [7, 11) is 2.21. The Morgan fingerprint density at radius 2 is 2.21 bits per heavy atom. The van der Waals surface area contributed by atoms with Crippen molar-refractivity contribution in [2.45, 2.75) is 57.2 Å². The van der Waals surface area contributed by atoms with Gasteiger partial charge in [0.25, 0.3) is 0 Å². The maximum Gasteiger partial charge on any atom is 0.108 e. The second kappa shape index (κ2) is 6.21. The van der Waals surface area contributed by atoms with Crippen molar-refractivity contribution in [3.63, 3.8) is 0 Å². The lowest BCUT2D eigenvalue weighted by molar-refractivity contribution is 0.0446. The smallest absolute Gasteiger partial charge is 0.108 e. The molecule has 1 saturated heterocycles. The fraction of sp³-hybridized carbons (Fsp3) is 0.933. The highest BCUT2D eigenvalue weighted by Gasteiger charge is 2.39. The predicted octanol–water partition coefficient (Wildman–Crippen LogP) is 1.44. The molecule has 3 atom stereocenters. The van der Waals surface area contributed by atoms with E-state index in [4.69, 9.17) is 0 Å². The molecule has 2 aliphatic rings. The fourth-order valence-electron chi connectivity index (χ4n) is 3.61. The Morgan fingerprint density at radius 1 is 1.42 bits per heavy atom. The summed E-state index contributed by atoms with van der Waals surface area (Å²) in [5.74, 6) is 0. The number of nitrogens with one attached hydrogen (secondary N) is 1. The van der Waals surface area contributed by atoms with Crippen LogP contribution < -0.4 is 5.32 Å². The SMILES string of the molecule is CCNC1(C#N)CCCC(N2CCN(C)C(C)C2)C1. The zero-order valence-corrected chi connectivity index (χ0v) is 12.7. The van der Waals surface area contributed by atoms with Crippen molar-refractivity contribution in [3.8, 4) is 6.07 Å². The van der Waals surface area contributed by atoms with Gasteiger partial charge in [-0.25, -0.2) is 0 Å². The summed E-state index contributed by atoms with van der Waals surface area (Å²) >= 11 is 0. The Kier molecular flexibility index (Phi) is 4.83. The molecule has 2 fully saturated rings.